The Labute approximate surface area is 186 Å². The molecule has 0 aliphatic rings. The van der Waals surface area contributed by atoms with Crippen molar-refractivity contribution in [1.29, 1.82) is 0 Å². The van der Waals surface area contributed by atoms with Crippen LogP contribution >= 0.6 is 27.5 Å². The van der Waals surface area contributed by atoms with Crippen LogP contribution in [-0.2, 0) is 0 Å². The summed E-state index contributed by atoms with van der Waals surface area (Å²) in [4.78, 5) is 3.65. The molecule has 1 N–H and O–H groups in total. The van der Waals surface area contributed by atoms with Gasteiger partial charge < -0.3 is 4.98 Å². The Kier molecular flexibility index (Phi) is 3.98. The second-order valence-corrected chi connectivity index (χ2v) is 8.61. The summed E-state index contributed by atoms with van der Waals surface area (Å²) in [7, 11) is 0. The second kappa shape index (κ2) is 6.73. The van der Waals surface area contributed by atoms with Gasteiger partial charge in [0.05, 0.1) is 11.7 Å². The molecule has 144 valence electrons. The number of hydrogen-bond donors (Lipinski definition) is 1. The van der Waals surface area contributed by atoms with Crippen LogP contribution in [0.5, 0.6) is 0 Å². The summed E-state index contributed by atoms with van der Waals surface area (Å²) in [5.74, 6) is 0. The molecule has 3 aromatic carbocycles. The van der Waals surface area contributed by atoms with E-state index >= 15 is 0 Å². The number of nitrogens with zero attached hydrogens (tertiary/aromatic N) is 2. The number of benzene rings is 3. The Hall–Kier alpha value is -3.08. The van der Waals surface area contributed by atoms with Crippen molar-refractivity contribution in [3.8, 4) is 16.9 Å². The third-order valence-electron chi connectivity index (χ3n) is 5.58. The highest BCUT2D eigenvalue weighted by atomic mass is 79.9. The molecule has 30 heavy (non-hydrogen) atoms. The molecule has 0 aliphatic heterocycles. The van der Waals surface area contributed by atoms with E-state index < -0.39 is 0 Å². The van der Waals surface area contributed by atoms with Crippen LogP contribution in [0.25, 0.3) is 44.3 Å². The van der Waals surface area contributed by atoms with Crippen molar-refractivity contribution >= 4 is 54.9 Å². The number of hydrogen-bond acceptors (Lipinski definition) is 0. The minimum Gasteiger partial charge on any atom is -0.351 e. The van der Waals surface area contributed by atoms with Gasteiger partial charge in [0.2, 0.25) is 5.52 Å². The highest BCUT2D eigenvalue weighted by Crippen LogP contribution is 2.36. The summed E-state index contributed by atoms with van der Waals surface area (Å²) >= 11 is 9.92. The summed E-state index contributed by atoms with van der Waals surface area (Å²) in [6.45, 7) is 0. The van der Waals surface area contributed by atoms with Gasteiger partial charge in [-0.25, -0.2) is 0 Å². The van der Waals surface area contributed by atoms with Crippen molar-refractivity contribution in [2.24, 2.45) is 0 Å². The van der Waals surface area contributed by atoms with Gasteiger partial charge in [-0.3, -0.25) is 0 Å². The van der Waals surface area contributed by atoms with Gasteiger partial charge in [0.25, 0.3) is 6.33 Å². The first kappa shape index (κ1) is 17.8. The molecule has 0 atom stereocenters. The standard InChI is InChI=1S/C25H16BrClN3/c26-21-7-3-1-6-20(21)24-25-23-19(18-5-2-4-8-22(18)28-23)13-14-29(25)15-30(24)17-11-9-16(27)10-12-17/h1-15,28H/q+1. The first-order valence-electron chi connectivity index (χ1n) is 9.67. The molecule has 6 aromatic rings. The van der Waals surface area contributed by atoms with Crippen molar-refractivity contribution in [2.45, 2.75) is 0 Å². The lowest BCUT2D eigenvalue weighted by molar-refractivity contribution is -0.510. The minimum absolute atomic E-state index is 0.726. The molecule has 0 aliphatic carbocycles. The Morgan fingerprint density at radius 2 is 1.60 bits per heavy atom. The highest BCUT2D eigenvalue weighted by Gasteiger charge is 2.26. The van der Waals surface area contributed by atoms with Gasteiger partial charge in [0, 0.05) is 31.3 Å². The third-order valence-corrected chi connectivity index (χ3v) is 6.53. The number of nitrogens with one attached hydrogen (secondary N) is 1. The van der Waals surface area contributed by atoms with E-state index in [1.54, 1.807) is 0 Å². The Morgan fingerprint density at radius 3 is 2.43 bits per heavy atom. The third kappa shape index (κ3) is 2.61. The van der Waals surface area contributed by atoms with Crippen molar-refractivity contribution in [2.75, 3.05) is 0 Å². The van der Waals surface area contributed by atoms with Crippen molar-refractivity contribution in [3.63, 3.8) is 0 Å². The number of H-pyrrole nitrogens is 1. The van der Waals surface area contributed by atoms with Gasteiger partial charge >= 0.3 is 0 Å². The van der Waals surface area contributed by atoms with Crippen LogP contribution in [0, 0.1) is 0 Å². The van der Waals surface area contributed by atoms with E-state index in [1.165, 1.54) is 10.8 Å². The van der Waals surface area contributed by atoms with Gasteiger partial charge in [0.1, 0.15) is 5.69 Å². The molecule has 3 heterocycles. The monoisotopic (exact) mass is 472 g/mol. The average Bonchev–Trinajstić information content (AvgIpc) is 3.33. The number of aromatic nitrogens is 3. The predicted molar refractivity (Wildman–Crippen MR) is 126 cm³/mol. The van der Waals surface area contributed by atoms with Crippen LogP contribution in [-0.4, -0.2) is 9.55 Å². The SMILES string of the molecule is Clc1ccc(-n2c[n+]3ccc4c5ccccc5[nH]c4c3c2-c2ccccc2Br)cc1. The number of rotatable bonds is 2. The highest BCUT2D eigenvalue weighted by molar-refractivity contribution is 9.10. The number of aromatic amines is 1. The maximum atomic E-state index is 6.16. The van der Waals surface area contributed by atoms with Gasteiger partial charge in [-0.2, -0.15) is 8.97 Å². The molecule has 0 radical (unpaired) electrons. The number of fused-ring (bicyclic) bond motifs is 5. The molecule has 0 bridgehead atoms. The fraction of sp³-hybridized carbons (Fsp3) is 0. The van der Waals surface area contributed by atoms with E-state index in [0.29, 0.717) is 0 Å². The van der Waals surface area contributed by atoms with Crippen LogP contribution in [0.3, 0.4) is 0 Å². The van der Waals surface area contributed by atoms with E-state index in [4.69, 9.17) is 11.6 Å². The van der Waals surface area contributed by atoms with Crippen molar-refractivity contribution in [1.82, 2.24) is 9.55 Å². The molecule has 0 saturated heterocycles. The topological polar surface area (TPSA) is 24.8 Å². The normalized spacial score (nSPS) is 11.7. The fourth-order valence-electron chi connectivity index (χ4n) is 4.22. The molecular weight excluding hydrogens is 458 g/mol. The second-order valence-electron chi connectivity index (χ2n) is 7.32. The number of imidazole rings is 1. The summed E-state index contributed by atoms with van der Waals surface area (Å²) in [6, 6.07) is 26.9. The predicted octanol–water partition coefficient (Wildman–Crippen LogP) is 6.93. The molecule has 6 rings (SSSR count). The molecule has 3 nitrogen and oxygen atoms in total. The molecule has 0 fully saturated rings. The van der Waals surface area contributed by atoms with Gasteiger partial charge in [-0.1, -0.05) is 57.9 Å². The van der Waals surface area contributed by atoms with E-state index in [2.05, 4.69) is 90.9 Å². The molecule has 5 heteroatoms. The summed E-state index contributed by atoms with van der Waals surface area (Å²) in [6.07, 6.45) is 4.25. The number of pyridine rings is 1. The fourth-order valence-corrected chi connectivity index (χ4v) is 4.82. The van der Waals surface area contributed by atoms with Crippen molar-refractivity contribution < 1.29 is 4.40 Å². The van der Waals surface area contributed by atoms with E-state index in [0.717, 1.165) is 43.0 Å². The first-order valence-corrected chi connectivity index (χ1v) is 10.8. The zero-order chi connectivity index (χ0) is 20.2. The van der Waals surface area contributed by atoms with Crippen molar-refractivity contribution in [3.05, 3.63) is 101 Å². The Balaban J connectivity index is 1.80. The molecule has 0 saturated carbocycles. The number of para-hydroxylation sites is 1. The van der Waals surface area contributed by atoms with Gasteiger partial charge in [-0.15, -0.1) is 0 Å². The summed E-state index contributed by atoms with van der Waals surface area (Å²) < 4.78 is 5.45. The van der Waals surface area contributed by atoms with Crippen LogP contribution in [0.4, 0.5) is 0 Å². The zero-order valence-corrected chi connectivity index (χ0v) is 18.2. The zero-order valence-electron chi connectivity index (χ0n) is 15.8. The van der Waals surface area contributed by atoms with E-state index in [9.17, 15) is 0 Å². The minimum atomic E-state index is 0.726. The van der Waals surface area contributed by atoms with Crippen LogP contribution in [0.2, 0.25) is 5.02 Å². The molecule has 3 aromatic heterocycles. The molecule has 0 unspecified atom stereocenters. The largest absolute Gasteiger partial charge is 0.351 e. The van der Waals surface area contributed by atoms with Crippen LogP contribution < -0.4 is 4.40 Å². The average molecular weight is 474 g/mol. The lowest BCUT2D eigenvalue weighted by Gasteiger charge is -2.05. The van der Waals surface area contributed by atoms with Gasteiger partial charge in [0.15, 0.2) is 5.69 Å². The maximum Gasteiger partial charge on any atom is 0.254 e. The smallest absolute Gasteiger partial charge is 0.254 e. The maximum absolute atomic E-state index is 6.16. The van der Waals surface area contributed by atoms with Crippen LogP contribution in [0.1, 0.15) is 0 Å². The molecular formula is C25H16BrClN3+. The van der Waals surface area contributed by atoms with Gasteiger partial charge in [-0.05, 0) is 48.5 Å². The lowest BCUT2D eigenvalue weighted by Crippen LogP contribution is -2.17. The molecule has 0 amide bonds. The molecule has 0 spiro atoms. The lowest BCUT2D eigenvalue weighted by atomic mass is 10.1. The quantitative estimate of drug-likeness (QED) is 0.264. The summed E-state index contributed by atoms with van der Waals surface area (Å²) in [5.41, 5.74) is 6.68. The summed E-state index contributed by atoms with van der Waals surface area (Å²) in [5, 5.41) is 3.17. The van der Waals surface area contributed by atoms with E-state index in [1.807, 2.05) is 30.3 Å². The van der Waals surface area contributed by atoms with E-state index in [-0.39, 0.29) is 0 Å². The Morgan fingerprint density at radius 1 is 0.833 bits per heavy atom. The van der Waals surface area contributed by atoms with Crippen LogP contribution in [0.15, 0.2) is 95.9 Å². The Bertz CT molecular complexity index is 1560. The number of halogens is 2. The first-order chi connectivity index (χ1) is 14.7.